The van der Waals surface area contributed by atoms with E-state index in [-0.39, 0.29) is 0 Å². The molecular weight excluding hydrogens is 248 g/mol. The molecule has 5 heteroatoms. The summed E-state index contributed by atoms with van der Waals surface area (Å²) in [5.74, 6) is 0. The second kappa shape index (κ2) is 6.68. The summed E-state index contributed by atoms with van der Waals surface area (Å²) in [6.45, 7) is 2.84. The van der Waals surface area contributed by atoms with Gasteiger partial charge in [0, 0.05) is 32.0 Å². The summed E-state index contributed by atoms with van der Waals surface area (Å²) in [6.07, 6.45) is -0.505. The highest BCUT2D eigenvalue weighted by Crippen LogP contribution is 2.20. The Kier molecular flexibility index (Phi) is 5.53. The number of hydrogen-bond donors (Lipinski definition) is 2. The maximum Gasteiger partial charge on any atom is 0.103 e. The van der Waals surface area contributed by atoms with Crippen LogP contribution in [0.25, 0.3) is 0 Å². The highest BCUT2D eigenvalue weighted by atomic mass is 32.1. The zero-order valence-corrected chi connectivity index (χ0v) is 11.8. The number of aliphatic hydroxyl groups excluding tert-OH is 1. The van der Waals surface area contributed by atoms with Gasteiger partial charge in [-0.25, -0.2) is 0 Å². The van der Waals surface area contributed by atoms with Crippen molar-refractivity contribution in [3.05, 3.63) is 29.3 Å². The SMILES string of the molecule is COCC(O)CN(C)c1ccc(C(N)=S)cc1C. The number of anilines is 1. The lowest BCUT2D eigenvalue weighted by Gasteiger charge is -2.24. The van der Waals surface area contributed by atoms with Crippen LogP contribution in [0.4, 0.5) is 5.69 Å². The maximum atomic E-state index is 9.71. The van der Waals surface area contributed by atoms with Crippen molar-refractivity contribution >= 4 is 22.9 Å². The number of nitrogens with two attached hydrogens (primary N) is 1. The third-order valence-corrected chi connectivity index (χ3v) is 2.97. The fourth-order valence-corrected chi connectivity index (χ4v) is 2.02. The summed E-state index contributed by atoms with van der Waals surface area (Å²) in [7, 11) is 3.51. The van der Waals surface area contributed by atoms with E-state index in [1.165, 1.54) is 0 Å². The van der Waals surface area contributed by atoms with Crippen LogP contribution in [-0.2, 0) is 4.74 Å². The largest absolute Gasteiger partial charge is 0.389 e. The Morgan fingerprint density at radius 2 is 2.22 bits per heavy atom. The smallest absolute Gasteiger partial charge is 0.103 e. The van der Waals surface area contributed by atoms with E-state index in [1.807, 2.05) is 37.1 Å². The molecule has 0 aliphatic carbocycles. The standard InChI is InChI=1S/C13H20N2O2S/c1-9-6-10(13(14)18)4-5-12(9)15(2)7-11(16)8-17-3/h4-6,11,16H,7-8H2,1-3H3,(H2,14,18). The minimum absolute atomic E-state index is 0.328. The first-order valence-electron chi connectivity index (χ1n) is 5.74. The third kappa shape index (κ3) is 3.94. The van der Waals surface area contributed by atoms with Gasteiger partial charge in [0.1, 0.15) is 4.99 Å². The van der Waals surface area contributed by atoms with E-state index < -0.39 is 6.10 Å². The number of ether oxygens (including phenoxy) is 1. The lowest BCUT2D eigenvalue weighted by Crippen LogP contribution is -2.32. The van der Waals surface area contributed by atoms with Crippen LogP contribution in [0.15, 0.2) is 18.2 Å². The van der Waals surface area contributed by atoms with Gasteiger partial charge in [-0.3, -0.25) is 0 Å². The van der Waals surface area contributed by atoms with E-state index in [0.29, 0.717) is 18.1 Å². The van der Waals surface area contributed by atoms with E-state index in [1.54, 1.807) is 7.11 Å². The van der Waals surface area contributed by atoms with Crippen LogP contribution in [-0.4, -0.2) is 43.5 Å². The number of rotatable bonds is 6. The summed E-state index contributed by atoms with van der Waals surface area (Å²) in [5.41, 5.74) is 8.57. The minimum atomic E-state index is -0.505. The molecule has 1 aromatic carbocycles. The number of aliphatic hydroxyl groups is 1. The number of benzene rings is 1. The van der Waals surface area contributed by atoms with Crippen molar-refractivity contribution in [3.8, 4) is 0 Å². The first kappa shape index (κ1) is 14.9. The Bertz CT molecular complexity index is 423. The Balaban J connectivity index is 2.80. The van der Waals surface area contributed by atoms with Gasteiger partial charge in [0.05, 0.1) is 12.7 Å². The molecule has 1 aromatic rings. The normalized spacial score (nSPS) is 12.2. The molecule has 0 radical (unpaired) electrons. The molecule has 0 bridgehead atoms. The first-order chi connectivity index (χ1) is 8.45. The molecule has 1 rings (SSSR count). The molecule has 0 spiro atoms. The fraction of sp³-hybridized carbons (Fsp3) is 0.462. The molecule has 1 unspecified atom stereocenters. The Morgan fingerprint density at radius 3 is 2.72 bits per heavy atom. The van der Waals surface area contributed by atoms with Crippen molar-refractivity contribution in [2.75, 3.05) is 32.2 Å². The summed E-state index contributed by atoms with van der Waals surface area (Å²) >= 11 is 4.94. The van der Waals surface area contributed by atoms with Crippen LogP contribution in [0.5, 0.6) is 0 Å². The molecule has 4 nitrogen and oxygen atoms in total. The second-order valence-corrected chi connectivity index (χ2v) is 4.80. The van der Waals surface area contributed by atoms with Gasteiger partial charge in [-0.1, -0.05) is 12.2 Å². The summed E-state index contributed by atoms with van der Waals surface area (Å²) in [4.78, 5) is 2.38. The highest BCUT2D eigenvalue weighted by Gasteiger charge is 2.11. The quantitative estimate of drug-likeness (QED) is 0.756. The number of methoxy groups -OCH3 is 1. The summed E-state index contributed by atoms with van der Waals surface area (Å²) in [6, 6.07) is 5.81. The Morgan fingerprint density at radius 1 is 1.56 bits per heavy atom. The zero-order valence-electron chi connectivity index (χ0n) is 11.0. The maximum absolute atomic E-state index is 9.71. The molecule has 100 valence electrons. The van der Waals surface area contributed by atoms with Crippen molar-refractivity contribution in [2.24, 2.45) is 5.73 Å². The monoisotopic (exact) mass is 268 g/mol. The van der Waals surface area contributed by atoms with Gasteiger partial charge < -0.3 is 20.5 Å². The van der Waals surface area contributed by atoms with Crippen LogP contribution >= 0.6 is 12.2 Å². The van der Waals surface area contributed by atoms with E-state index in [0.717, 1.165) is 16.8 Å². The molecule has 0 aromatic heterocycles. The molecule has 0 aliphatic rings. The lowest BCUT2D eigenvalue weighted by molar-refractivity contribution is 0.0695. The molecule has 0 saturated heterocycles. The predicted molar refractivity (Wildman–Crippen MR) is 78.2 cm³/mol. The summed E-state index contributed by atoms with van der Waals surface area (Å²) < 4.78 is 4.91. The van der Waals surface area contributed by atoms with E-state index >= 15 is 0 Å². The minimum Gasteiger partial charge on any atom is -0.389 e. The van der Waals surface area contributed by atoms with Crippen molar-refractivity contribution < 1.29 is 9.84 Å². The van der Waals surface area contributed by atoms with Crippen molar-refractivity contribution in [1.29, 1.82) is 0 Å². The van der Waals surface area contributed by atoms with Gasteiger partial charge in [0.25, 0.3) is 0 Å². The van der Waals surface area contributed by atoms with Crippen LogP contribution < -0.4 is 10.6 Å². The van der Waals surface area contributed by atoms with Crippen LogP contribution in [0.3, 0.4) is 0 Å². The van der Waals surface area contributed by atoms with E-state index in [2.05, 4.69) is 0 Å². The first-order valence-corrected chi connectivity index (χ1v) is 6.15. The molecule has 3 N–H and O–H groups in total. The van der Waals surface area contributed by atoms with Gasteiger partial charge in [0.15, 0.2) is 0 Å². The van der Waals surface area contributed by atoms with Gasteiger partial charge in [-0.15, -0.1) is 0 Å². The zero-order chi connectivity index (χ0) is 13.7. The molecule has 0 fully saturated rings. The van der Waals surface area contributed by atoms with Gasteiger partial charge in [0.2, 0.25) is 0 Å². The van der Waals surface area contributed by atoms with Crippen LogP contribution in [0, 0.1) is 6.92 Å². The van der Waals surface area contributed by atoms with E-state index in [4.69, 9.17) is 22.7 Å². The predicted octanol–water partition coefficient (Wildman–Crippen LogP) is 1.07. The number of aryl methyl sites for hydroxylation is 1. The highest BCUT2D eigenvalue weighted by molar-refractivity contribution is 7.80. The number of likely N-dealkylation sites (N-methyl/N-ethyl adjacent to an activating group) is 1. The van der Waals surface area contributed by atoms with Gasteiger partial charge in [-0.2, -0.15) is 0 Å². The molecule has 1 atom stereocenters. The van der Waals surface area contributed by atoms with Crippen molar-refractivity contribution in [3.63, 3.8) is 0 Å². The van der Waals surface area contributed by atoms with Crippen molar-refractivity contribution in [2.45, 2.75) is 13.0 Å². The number of hydrogen-bond acceptors (Lipinski definition) is 4. The number of thiocarbonyl (C=S) groups is 1. The van der Waals surface area contributed by atoms with Gasteiger partial charge in [-0.05, 0) is 30.7 Å². The molecule has 0 aliphatic heterocycles. The molecule has 18 heavy (non-hydrogen) atoms. The second-order valence-electron chi connectivity index (χ2n) is 4.36. The lowest BCUT2D eigenvalue weighted by atomic mass is 10.1. The fourth-order valence-electron chi connectivity index (χ4n) is 1.90. The molecular formula is C13H20N2O2S. The molecule has 0 heterocycles. The van der Waals surface area contributed by atoms with Crippen LogP contribution in [0.1, 0.15) is 11.1 Å². The van der Waals surface area contributed by atoms with Gasteiger partial charge >= 0.3 is 0 Å². The average molecular weight is 268 g/mol. The third-order valence-electron chi connectivity index (χ3n) is 2.74. The average Bonchev–Trinajstić information content (AvgIpc) is 2.28. The topological polar surface area (TPSA) is 58.7 Å². The summed E-state index contributed by atoms with van der Waals surface area (Å²) in [5, 5.41) is 9.71. The Labute approximate surface area is 113 Å². The van der Waals surface area contributed by atoms with Crippen LogP contribution in [0.2, 0.25) is 0 Å². The Hall–Kier alpha value is -1.17. The molecule has 0 amide bonds. The van der Waals surface area contributed by atoms with Crippen molar-refractivity contribution in [1.82, 2.24) is 0 Å². The molecule has 0 saturated carbocycles. The number of nitrogens with zero attached hydrogens (tertiary/aromatic N) is 1. The van der Waals surface area contributed by atoms with E-state index in [9.17, 15) is 5.11 Å².